The molecule has 1 aliphatic carbocycles. The number of sulfonamides is 1. The van der Waals surface area contributed by atoms with E-state index in [1.54, 1.807) is 7.05 Å². The number of hydrogen-bond acceptors (Lipinski definition) is 2. The van der Waals surface area contributed by atoms with Crippen LogP contribution in [-0.4, -0.2) is 25.8 Å². The van der Waals surface area contributed by atoms with E-state index in [0.29, 0.717) is 0 Å². The van der Waals surface area contributed by atoms with Gasteiger partial charge in [-0.2, -0.15) is 4.31 Å². The fourth-order valence-corrected chi connectivity index (χ4v) is 4.31. The maximum Gasteiger partial charge on any atom is 0.243 e. The second-order valence-electron chi connectivity index (χ2n) is 5.24. The summed E-state index contributed by atoms with van der Waals surface area (Å²) in [5.41, 5.74) is 0. The lowest BCUT2D eigenvalue weighted by Crippen LogP contribution is -2.36. The van der Waals surface area contributed by atoms with Gasteiger partial charge < -0.3 is 0 Å². The van der Waals surface area contributed by atoms with Crippen molar-refractivity contribution in [3.8, 4) is 0 Å². The van der Waals surface area contributed by atoms with Crippen LogP contribution in [0.15, 0.2) is 23.1 Å². The molecular weight excluding hydrogens is 301 g/mol. The lowest BCUT2D eigenvalue weighted by molar-refractivity contribution is 0.335. The van der Waals surface area contributed by atoms with Crippen LogP contribution < -0.4 is 0 Å². The first-order valence-electron chi connectivity index (χ1n) is 6.86. The van der Waals surface area contributed by atoms with Gasteiger partial charge in [0.2, 0.25) is 10.0 Å². The number of halogens is 2. The number of nitrogens with zero attached hydrogens (tertiary/aromatic N) is 1. The Kier molecular flexibility index (Phi) is 5.04. The molecule has 0 atom stereocenters. The van der Waals surface area contributed by atoms with Gasteiger partial charge in [0.15, 0.2) is 0 Å². The van der Waals surface area contributed by atoms with E-state index in [2.05, 4.69) is 0 Å². The molecule has 1 aromatic rings. The van der Waals surface area contributed by atoms with Crippen molar-refractivity contribution in [1.82, 2.24) is 4.31 Å². The van der Waals surface area contributed by atoms with E-state index in [-0.39, 0.29) is 16.0 Å². The molecule has 3 nitrogen and oxygen atoms in total. The summed E-state index contributed by atoms with van der Waals surface area (Å²) in [6, 6.07) is 3.56. The molecule has 1 saturated carbocycles. The van der Waals surface area contributed by atoms with E-state index < -0.39 is 15.8 Å². The van der Waals surface area contributed by atoms with Crippen molar-refractivity contribution in [2.45, 2.75) is 49.5 Å². The highest BCUT2D eigenvalue weighted by Gasteiger charge is 2.28. The summed E-state index contributed by atoms with van der Waals surface area (Å²) in [7, 11) is -2.01. The average Bonchev–Trinajstić information content (AvgIpc) is 2.69. The first-order valence-corrected chi connectivity index (χ1v) is 8.68. The second kappa shape index (κ2) is 6.41. The highest BCUT2D eigenvalue weighted by Crippen LogP contribution is 2.27. The predicted molar refractivity (Wildman–Crippen MR) is 77.8 cm³/mol. The van der Waals surface area contributed by atoms with Crippen molar-refractivity contribution >= 4 is 21.6 Å². The summed E-state index contributed by atoms with van der Waals surface area (Å²) in [5.74, 6) is -0.609. The monoisotopic (exact) mass is 319 g/mol. The normalized spacial score (nSPS) is 18.2. The van der Waals surface area contributed by atoms with Crippen LogP contribution in [0, 0.1) is 5.82 Å². The predicted octanol–water partition coefficient (Wildman–Crippen LogP) is 3.82. The third kappa shape index (κ3) is 3.32. The fraction of sp³-hybridized carbons (Fsp3) is 0.571. The molecule has 0 aromatic heterocycles. The molecule has 0 radical (unpaired) electrons. The van der Waals surface area contributed by atoms with Crippen LogP contribution in [0.1, 0.15) is 38.5 Å². The highest BCUT2D eigenvalue weighted by atomic mass is 35.5. The van der Waals surface area contributed by atoms with Gasteiger partial charge in [0.1, 0.15) is 5.82 Å². The highest BCUT2D eigenvalue weighted by molar-refractivity contribution is 7.89. The molecule has 0 bridgehead atoms. The largest absolute Gasteiger partial charge is 0.243 e. The van der Waals surface area contributed by atoms with Gasteiger partial charge in [-0.25, -0.2) is 12.8 Å². The SMILES string of the molecule is CN(C1CCCCCC1)S(=O)(=O)c1ccc(F)c(Cl)c1. The van der Waals surface area contributed by atoms with Gasteiger partial charge in [-0.15, -0.1) is 0 Å². The maximum absolute atomic E-state index is 13.2. The molecule has 0 saturated heterocycles. The van der Waals surface area contributed by atoms with Gasteiger partial charge in [-0.05, 0) is 31.0 Å². The molecule has 0 heterocycles. The number of rotatable bonds is 3. The summed E-state index contributed by atoms with van der Waals surface area (Å²) in [4.78, 5) is 0.0515. The molecular formula is C14H19ClFNO2S. The maximum atomic E-state index is 13.2. The van der Waals surface area contributed by atoms with Crippen LogP contribution in [0.2, 0.25) is 5.02 Å². The summed E-state index contributed by atoms with van der Waals surface area (Å²) in [6.45, 7) is 0. The van der Waals surface area contributed by atoms with Crippen LogP contribution in [0.4, 0.5) is 4.39 Å². The molecule has 6 heteroatoms. The van der Waals surface area contributed by atoms with Crippen molar-refractivity contribution in [1.29, 1.82) is 0 Å². The molecule has 0 spiro atoms. The molecule has 0 N–H and O–H groups in total. The van der Waals surface area contributed by atoms with Crippen LogP contribution in [-0.2, 0) is 10.0 Å². The Morgan fingerprint density at radius 3 is 2.35 bits per heavy atom. The van der Waals surface area contributed by atoms with E-state index in [4.69, 9.17) is 11.6 Å². The smallest absolute Gasteiger partial charge is 0.207 e. The van der Waals surface area contributed by atoms with Gasteiger partial charge >= 0.3 is 0 Å². The summed E-state index contributed by atoms with van der Waals surface area (Å²) in [5, 5.41) is -0.166. The van der Waals surface area contributed by atoms with Crippen molar-refractivity contribution in [3.63, 3.8) is 0 Å². The summed E-state index contributed by atoms with van der Waals surface area (Å²) in [6.07, 6.45) is 6.18. The van der Waals surface area contributed by atoms with Crippen molar-refractivity contribution in [2.24, 2.45) is 0 Å². The summed E-state index contributed by atoms with van der Waals surface area (Å²) < 4.78 is 39.7. The standard InChI is InChI=1S/C14H19ClFNO2S/c1-17(11-6-4-2-3-5-7-11)20(18,19)12-8-9-14(16)13(15)10-12/h8-11H,2-7H2,1H3. The molecule has 2 rings (SSSR count). The fourth-order valence-electron chi connectivity index (χ4n) is 2.62. The minimum atomic E-state index is -3.61. The van der Waals surface area contributed by atoms with Crippen molar-refractivity contribution < 1.29 is 12.8 Å². The van der Waals surface area contributed by atoms with E-state index in [1.807, 2.05) is 0 Å². The lowest BCUT2D eigenvalue weighted by atomic mass is 10.1. The van der Waals surface area contributed by atoms with E-state index in [9.17, 15) is 12.8 Å². The quantitative estimate of drug-likeness (QED) is 0.794. The minimum absolute atomic E-state index is 0.0197. The topological polar surface area (TPSA) is 37.4 Å². The third-order valence-corrected chi connectivity index (χ3v) is 6.10. The Labute approximate surface area is 124 Å². The zero-order valence-electron chi connectivity index (χ0n) is 11.5. The van der Waals surface area contributed by atoms with E-state index in [1.165, 1.54) is 16.4 Å². The minimum Gasteiger partial charge on any atom is -0.207 e. The van der Waals surface area contributed by atoms with Crippen LogP contribution in [0.25, 0.3) is 0 Å². The van der Waals surface area contributed by atoms with Crippen LogP contribution in [0.3, 0.4) is 0 Å². The third-order valence-electron chi connectivity index (χ3n) is 3.91. The van der Waals surface area contributed by atoms with Gasteiger partial charge in [0.25, 0.3) is 0 Å². The molecule has 112 valence electrons. The van der Waals surface area contributed by atoms with E-state index in [0.717, 1.165) is 44.6 Å². The Morgan fingerprint density at radius 1 is 1.20 bits per heavy atom. The first kappa shape index (κ1) is 15.7. The molecule has 0 unspecified atom stereocenters. The average molecular weight is 320 g/mol. The molecule has 1 aromatic carbocycles. The molecule has 20 heavy (non-hydrogen) atoms. The molecule has 0 aliphatic heterocycles. The Balaban J connectivity index is 2.26. The van der Waals surface area contributed by atoms with Gasteiger partial charge in [-0.3, -0.25) is 0 Å². The van der Waals surface area contributed by atoms with Gasteiger partial charge in [0.05, 0.1) is 9.92 Å². The van der Waals surface area contributed by atoms with Crippen LogP contribution in [0.5, 0.6) is 0 Å². The molecule has 1 fully saturated rings. The zero-order chi connectivity index (χ0) is 14.8. The van der Waals surface area contributed by atoms with E-state index >= 15 is 0 Å². The lowest BCUT2D eigenvalue weighted by Gasteiger charge is -2.26. The number of benzene rings is 1. The summed E-state index contributed by atoms with van der Waals surface area (Å²) >= 11 is 5.68. The van der Waals surface area contributed by atoms with Crippen molar-refractivity contribution in [2.75, 3.05) is 7.05 Å². The molecule has 0 amide bonds. The molecule has 1 aliphatic rings. The second-order valence-corrected chi connectivity index (χ2v) is 7.65. The number of hydrogen-bond donors (Lipinski definition) is 0. The Hall–Kier alpha value is -0.650. The Bertz CT molecular complexity index is 569. The zero-order valence-corrected chi connectivity index (χ0v) is 13.1. The van der Waals surface area contributed by atoms with Crippen molar-refractivity contribution in [3.05, 3.63) is 29.0 Å². The van der Waals surface area contributed by atoms with Gasteiger partial charge in [0, 0.05) is 13.1 Å². The van der Waals surface area contributed by atoms with Crippen LogP contribution >= 0.6 is 11.6 Å². The first-order chi connectivity index (χ1) is 9.43. The van der Waals surface area contributed by atoms with Gasteiger partial charge in [-0.1, -0.05) is 37.3 Å². The Morgan fingerprint density at radius 2 is 1.80 bits per heavy atom.